The fraction of sp³-hybridized carbons (Fsp3) is 0.652. The maximum atomic E-state index is 13.2. The van der Waals surface area contributed by atoms with Gasteiger partial charge < -0.3 is 19.3 Å². The SMILES string of the molecule is CC(C)(C)OC(=O)N1CCN(Cc2ccc(C(F)(F)F)cc2OCC(=O)N2CCCC2)CC1. The zero-order chi connectivity index (χ0) is 24.2. The van der Waals surface area contributed by atoms with E-state index in [1.54, 1.807) is 9.80 Å². The number of hydrogen-bond acceptors (Lipinski definition) is 5. The maximum absolute atomic E-state index is 13.2. The van der Waals surface area contributed by atoms with Crippen LogP contribution in [0.4, 0.5) is 18.0 Å². The van der Waals surface area contributed by atoms with Gasteiger partial charge in [0, 0.05) is 51.4 Å². The molecular weight excluding hydrogens is 439 g/mol. The molecule has 1 aromatic rings. The molecule has 0 aromatic heterocycles. The largest absolute Gasteiger partial charge is 0.483 e. The Kier molecular flexibility index (Phi) is 7.76. The standard InChI is InChI=1S/C23H32F3N3O4/c1-22(2,3)33-21(31)29-12-10-27(11-13-29)15-17-6-7-18(23(24,25)26)14-19(17)32-16-20(30)28-8-4-5-9-28/h6-7,14H,4-5,8-13,15-16H2,1-3H3. The number of likely N-dealkylation sites (tertiary alicyclic amines) is 1. The molecule has 10 heteroatoms. The van der Waals surface area contributed by atoms with Crippen LogP contribution in [0, 0.1) is 0 Å². The van der Waals surface area contributed by atoms with Gasteiger partial charge in [-0.25, -0.2) is 4.79 Å². The van der Waals surface area contributed by atoms with E-state index in [-0.39, 0.29) is 24.4 Å². The molecule has 33 heavy (non-hydrogen) atoms. The minimum atomic E-state index is -4.51. The van der Waals surface area contributed by atoms with Crippen LogP contribution in [0.25, 0.3) is 0 Å². The molecule has 2 heterocycles. The Morgan fingerprint density at radius 3 is 2.15 bits per heavy atom. The van der Waals surface area contributed by atoms with Crippen molar-refractivity contribution in [3.05, 3.63) is 29.3 Å². The first-order valence-electron chi connectivity index (χ1n) is 11.2. The lowest BCUT2D eigenvalue weighted by molar-refractivity contribution is -0.137. The molecule has 7 nitrogen and oxygen atoms in total. The third-order valence-electron chi connectivity index (χ3n) is 5.62. The van der Waals surface area contributed by atoms with Gasteiger partial charge in [-0.2, -0.15) is 13.2 Å². The summed E-state index contributed by atoms with van der Waals surface area (Å²) in [7, 11) is 0. The van der Waals surface area contributed by atoms with E-state index < -0.39 is 17.3 Å². The lowest BCUT2D eigenvalue weighted by Gasteiger charge is -2.35. The molecular formula is C23H32F3N3O4. The summed E-state index contributed by atoms with van der Waals surface area (Å²) in [4.78, 5) is 29.9. The van der Waals surface area contributed by atoms with Crippen molar-refractivity contribution in [2.24, 2.45) is 0 Å². The highest BCUT2D eigenvalue weighted by Crippen LogP contribution is 2.34. The number of carbonyl (C=O) groups is 2. The highest BCUT2D eigenvalue weighted by Gasteiger charge is 2.32. The highest BCUT2D eigenvalue weighted by atomic mass is 19.4. The van der Waals surface area contributed by atoms with E-state index in [9.17, 15) is 22.8 Å². The molecule has 0 bridgehead atoms. The average Bonchev–Trinajstić information content (AvgIpc) is 3.26. The van der Waals surface area contributed by atoms with E-state index in [0.29, 0.717) is 51.4 Å². The van der Waals surface area contributed by atoms with Gasteiger partial charge in [0.1, 0.15) is 11.4 Å². The summed E-state index contributed by atoms with van der Waals surface area (Å²) in [6, 6.07) is 3.39. The van der Waals surface area contributed by atoms with E-state index in [2.05, 4.69) is 0 Å². The molecule has 0 radical (unpaired) electrons. The Morgan fingerprint density at radius 1 is 0.939 bits per heavy atom. The fourth-order valence-electron chi connectivity index (χ4n) is 3.85. The predicted octanol–water partition coefficient (Wildman–Crippen LogP) is 3.76. The van der Waals surface area contributed by atoms with Crippen molar-refractivity contribution in [2.75, 3.05) is 45.9 Å². The molecule has 0 aliphatic carbocycles. The number of benzene rings is 1. The van der Waals surface area contributed by atoms with Gasteiger partial charge in [-0.3, -0.25) is 9.69 Å². The second-order valence-corrected chi connectivity index (χ2v) is 9.44. The van der Waals surface area contributed by atoms with E-state index in [0.717, 1.165) is 25.0 Å². The first-order chi connectivity index (χ1) is 15.4. The highest BCUT2D eigenvalue weighted by molar-refractivity contribution is 5.78. The molecule has 0 spiro atoms. The molecule has 2 amide bonds. The Labute approximate surface area is 192 Å². The topological polar surface area (TPSA) is 62.3 Å². The summed E-state index contributed by atoms with van der Waals surface area (Å²) in [6.07, 6.45) is -3.03. The van der Waals surface area contributed by atoms with Crippen LogP contribution in [0.5, 0.6) is 5.75 Å². The summed E-state index contributed by atoms with van der Waals surface area (Å²) < 4.78 is 50.7. The van der Waals surface area contributed by atoms with Gasteiger partial charge in [0.15, 0.2) is 6.61 Å². The molecule has 2 saturated heterocycles. The molecule has 2 aliphatic rings. The number of hydrogen-bond donors (Lipinski definition) is 0. The number of alkyl halides is 3. The Morgan fingerprint density at radius 2 is 1.58 bits per heavy atom. The van der Waals surface area contributed by atoms with Crippen LogP contribution in [0.2, 0.25) is 0 Å². The maximum Gasteiger partial charge on any atom is 0.416 e. The summed E-state index contributed by atoms with van der Waals surface area (Å²) in [5.41, 5.74) is -0.819. The van der Waals surface area contributed by atoms with Crippen molar-refractivity contribution in [1.82, 2.24) is 14.7 Å². The van der Waals surface area contributed by atoms with E-state index >= 15 is 0 Å². The van der Waals surface area contributed by atoms with Crippen LogP contribution in [-0.2, 0) is 22.3 Å². The Bertz CT molecular complexity index is 840. The summed E-state index contributed by atoms with van der Waals surface area (Å²) in [6.45, 7) is 8.80. The van der Waals surface area contributed by atoms with Crippen LogP contribution < -0.4 is 4.74 Å². The first-order valence-corrected chi connectivity index (χ1v) is 11.2. The Balaban J connectivity index is 1.64. The van der Waals surface area contributed by atoms with Gasteiger partial charge in [0.2, 0.25) is 0 Å². The summed E-state index contributed by atoms with van der Waals surface area (Å²) in [5.74, 6) is -0.159. The van der Waals surface area contributed by atoms with Crippen LogP contribution in [0.3, 0.4) is 0 Å². The van der Waals surface area contributed by atoms with Crippen molar-refractivity contribution in [3.8, 4) is 5.75 Å². The smallest absolute Gasteiger partial charge is 0.416 e. The van der Waals surface area contributed by atoms with E-state index in [1.807, 2.05) is 25.7 Å². The minimum absolute atomic E-state index is 0.0620. The quantitative estimate of drug-likeness (QED) is 0.655. The molecule has 0 saturated carbocycles. The summed E-state index contributed by atoms with van der Waals surface area (Å²) >= 11 is 0. The molecule has 3 rings (SSSR count). The van der Waals surface area contributed by atoms with E-state index in [4.69, 9.17) is 9.47 Å². The van der Waals surface area contributed by atoms with Crippen LogP contribution in [-0.4, -0.2) is 78.2 Å². The van der Waals surface area contributed by atoms with Crippen molar-refractivity contribution >= 4 is 12.0 Å². The van der Waals surface area contributed by atoms with Gasteiger partial charge in [0.25, 0.3) is 5.91 Å². The van der Waals surface area contributed by atoms with Crippen LogP contribution >= 0.6 is 0 Å². The van der Waals surface area contributed by atoms with Crippen molar-refractivity contribution in [1.29, 1.82) is 0 Å². The number of halogens is 3. The van der Waals surface area contributed by atoms with Crippen molar-refractivity contribution in [3.63, 3.8) is 0 Å². The number of carbonyl (C=O) groups excluding carboxylic acids is 2. The third kappa shape index (κ3) is 7.25. The van der Waals surface area contributed by atoms with Gasteiger partial charge >= 0.3 is 12.3 Å². The second-order valence-electron chi connectivity index (χ2n) is 9.44. The zero-order valence-electron chi connectivity index (χ0n) is 19.4. The molecule has 1 aromatic carbocycles. The van der Waals surface area contributed by atoms with Gasteiger partial charge in [-0.1, -0.05) is 6.07 Å². The number of ether oxygens (including phenoxy) is 2. The van der Waals surface area contributed by atoms with Gasteiger partial charge in [0.05, 0.1) is 5.56 Å². The zero-order valence-corrected chi connectivity index (χ0v) is 19.4. The summed E-state index contributed by atoms with van der Waals surface area (Å²) in [5, 5.41) is 0. The normalized spacial score (nSPS) is 17.9. The molecule has 0 atom stereocenters. The number of amides is 2. The fourth-order valence-corrected chi connectivity index (χ4v) is 3.85. The molecule has 2 fully saturated rings. The van der Waals surface area contributed by atoms with Crippen LogP contribution in [0.15, 0.2) is 18.2 Å². The number of rotatable bonds is 5. The molecule has 0 unspecified atom stereocenters. The monoisotopic (exact) mass is 471 g/mol. The lowest BCUT2D eigenvalue weighted by Crippen LogP contribution is -2.49. The van der Waals surface area contributed by atoms with Crippen molar-refractivity contribution in [2.45, 2.75) is 51.9 Å². The van der Waals surface area contributed by atoms with Crippen LogP contribution in [0.1, 0.15) is 44.7 Å². The van der Waals surface area contributed by atoms with Gasteiger partial charge in [-0.05, 0) is 45.7 Å². The number of piperazine rings is 1. The average molecular weight is 472 g/mol. The Hall–Kier alpha value is -2.49. The molecule has 0 N–H and O–H groups in total. The van der Waals surface area contributed by atoms with Crippen molar-refractivity contribution < 1.29 is 32.2 Å². The third-order valence-corrected chi connectivity index (χ3v) is 5.62. The predicted molar refractivity (Wildman–Crippen MR) is 116 cm³/mol. The molecule has 184 valence electrons. The van der Waals surface area contributed by atoms with E-state index in [1.165, 1.54) is 6.07 Å². The lowest BCUT2D eigenvalue weighted by atomic mass is 10.1. The van der Waals surface area contributed by atoms with Gasteiger partial charge in [-0.15, -0.1) is 0 Å². The first kappa shape index (κ1) is 25.1. The second kappa shape index (κ2) is 10.2. The minimum Gasteiger partial charge on any atom is -0.483 e. The molecule has 2 aliphatic heterocycles. The number of nitrogens with zero attached hydrogens (tertiary/aromatic N) is 3.